The minimum atomic E-state index is -0.674. The van der Waals surface area contributed by atoms with E-state index in [0.29, 0.717) is 23.3 Å². The topological polar surface area (TPSA) is 109 Å². The van der Waals surface area contributed by atoms with Gasteiger partial charge in [0.05, 0.1) is 19.0 Å². The van der Waals surface area contributed by atoms with Gasteiger partial charge in [-0.05, 0) is 68.7 Å². The highest BCUT2D eigenvalue weighted by Crippen LogP contribution is 2.39. The van der Waals surface area contributed by atoms with Crippen LogP contribution in [0.3, 0.4) is 0 Å². The number of fused-ring (bicyclic) bond motifs is 1. The molecule has 0 spiro atoms. The average Bonchev–Trinajstić information content (AvgIpc) is 3.30. The van der Waals surface area contributed by atoms with E-state index in [0.717, 1.165) is 13.0 Å². The van der Waals surface area contributed by atoms with Crippen molar-refractivity contribution in [3.8, 4) is 28.2 Å². The maximum absolute atomic E-state index is 14.3. The molecule has 0 aliphatic carbocycles. The van der Waals surface area contributed by atoms with Crippen molar-refractivity contribution in [1.82, 2.24) is 14.9 Å². The number of aromatic amines is 1. The first-order valence-electron chi connectivity index (χ1n) is 12.3. The minimum Gasteiger partial charge on any atom is -0.497 e. The molecule has 0 amide bonds. The number of carboxylic acids is 1. The van der Waals surface area contributed by atoms with Gasteiger partial charge in [-0.2, -0.15) is 0 Å². The van der Waals surface area contributed by atoms with E-state index in [1.807, 2.05) is 0 Å². The number of nitrogens with one attached hydrogen (secondary N) is 1. The average molecular weight is 508 g/mol. The molecule has 5 rings (SSSR count). The number of methoxy groups -OCH3 is 1. The van der Waals surface area contributed by atoms with Gasteiger partial charge in [-0.15, -0.1) is 0 Å². The Morgan fingerprint density at radius 3 is 2.54 bits per heavy atom. The summed E-state index contributed by atoms with van der Waals surface area (Å²) in [5, 5.41) is 8.71. The van der Waals surface area contributed by atoms with Gasteiger partial charge in [0.25, 0.3) is 5.56 Å². The second-order valence-electron chi connectivity index (χ2n) is 8.83. The van der Waals surface area contributed by atoms with E-state index in [-0.39, 0.29) is 28.0 Å². The first kappa shape index (κ1) is 26.1. The normalized spacial score (nSPS) is 13.7. The van der Waals surface area contributed by atoms with E-state index < -0.39 is 11.8 Å². The van der Waals surface area contributed by atoms with Crippen molar-refractivity contribution < 1.29 is 23.4 Å². The van der Waals surface area contributed by atoms with E-state index in [2.05, 4.69) is 14.9 Å². The molecule has 0 saturated carbocycles. The number of carbonyl (C=O) groups is 1. The monoisotopic (exact) mass is 507 g/mol. The van der Waals surface area contributed by atoms with Crippen LogP contribution in [0.1, 0.15) is 32.1 Å². The van der Waals surface area contributed by atoms with Crippen LogP contribution in [-0.4, -0.2) is 52.7 Å². The number of rotatable bonds is 7. The van der Waals surface area contributed by atoms with Crippen molar-refractivity contribution in [3.63, 3.8) is 0 Å². The Morgan fingerprint density at radius 2 is 1.86 bits per heavy atom. The Labute approximate surface area is 213 Å². The first-order valence-corrected chi connectivity index (χ1v) is 12.3. The predicted molar refractivity (Wildman–Crippen MR) is 139 cm³/mol. The van der Waals surface area contributed by atoms with E-state index in [1.54, 1.807) is 49.6 Å². The van der Waals surface area contributed by atoms with Crippen molar-refractivity contribution in [2.45, 2.75) is 32.1 Å². The van der Waals surface area contributed by atoms with Crippen molar-refractivity contribution in [1.29, 1.82) is 0 Å². The second-order valence-corrected chi connectivity index (χ2v) is 8.83. The highest BCUT2D eigenvalue weighted by molar-refractivity contribution is 6.00. The van der Waals surface area contributed by atoms with Crippen molar-refractivity contribution in [2.75, 3.05) is 26.7 Å². The lowest BCUT2D eigenvalue weighted by Gasteiger charge is -2.25. The number of nitrogens with zero attached hydrogens (tertiary/aromatic N) is 2. The van der Waals surface area contributed by atoms with Crippen LogP contribution in [-0.2, 0) is 4.79 Å². The molecule has 4 aromatic rings. The molecule has 0 bridgehead atoms. The molecule has 1 aliphatic heterocycles. The molecule has 9 heteroatoms. The van der Waals surface area contributed by atoms with Gasteiger partial charge >= 0.3 is 5.97 Å². The number of ether oxygens (including phenoxy) is 1. The number of furan rings is 1. The number of halogens is 1. The number of piperidine rings is 1. The van der Waals surface area contributed by atoms with Crippen molar-refractivity contribution in [3.05, 3.63) is 71.0 Å². The molecule has 2 aromatic carbocycles. The van der Waals surface area contributed by atoms with Gasteiger partial charge in [-0.1, -0.05) is 30.7 Å². The lowest BCUT2D eigenvalue weighted by molar-refractivity contribution is -0.137. The van der Waals surface area contributed by atoms with Gasteiger partial charge in [0.2, 0.25) is 5.71 Å². The zero-order valence-corrected chi connectivity index (χ0v) is 20.7. The van der Waals surface area contributed by atoms with Crippen LogP contribution in [0, 0.1) is 5.82 Å². The smallest absolute Gasteiger partial charge is 0.303 e. The number of likely N-dealkylation sites (tertiary alicyclic amines) is 1. The molecule has 0 atom stereocenters. The fourth-order valence-electron chi connectivity index (χ4n) is 4.45. The summed E-state index contributed by atoms with van der Waals surface area (Å²) in [5.74, 6) is -0.168. The summed E-state index contributed by atoms with van der Waals surface area (Å²) in [6, 6.07) is 13.4. The lowest BCUT2D eigenvalue weighted by Crippen LogP contribution is -2.30. The maximum Gasteiger partial charge on any atom is 0.303 e. The standard InChI is InChI=1S/C19H13FN2O3.C9H17NO2/c1-24-12-8-6-11(7-9-12)15-16-18(23)21-10-22-19(16)25-17(15)13-4-2-3-5-14(13)20;11-9(12)5-4-8-10-6-2-1-3-7-10/h2-10H,1H3,(H,21,22,23);1-8H2,(H,11,12). The largest absolute Gasteiger partial charge is 0.497 e. The van der Waals surface area contributed by atoms with Crippen LogP contribution >= 0.6 is 0 Å². The van der Waals surface area contributed by atoms with E-state index in [9.17, 15) is 14.0 Å². The molecule has 2 N–H and O–H groups in total. The molecular formula is C28H30FN3O5. The number of H-pyrrole nitrogens is 1. The van der Waals surface area contributed by atoms with Crippen molar-refractivity contribution in [2.24, 2.45) is 0 Å². The van der Waals surface area contributed by atoms with Gasteiger partial charge in [-0.25, -0.2) is 9.37 Å². The predicted octanol–water partition coefficient (Wildman–Crippen LogP) is 5.33. The molecule has 0 radical (unpaired) electrons. The molecule has 2 aromatic heterocycles. The molecule has 1 fully saturated rings. The summed E-state index contributed by atoms with van der Waals surface area (Å²) in [6.45, 7) is 3.30. The van der Waals surface area contributed by atoms with Crippen LogP contribution in [0.2, 0.25) is 0 Å². The maximum atomic E-state index is 14.3. The Bertz CT molecular complexity index is 1390. The van der Waals surface area contributed by atoms with Crippen LogP contribution < -0.4 is 10.3 Å². The highest BCUT2D eigenvalue weighted by atomic mass is 19.1. The van der Waals surface area contributed by atoms with Gasteiger partial charge in [0, 0.05) is 12.0 Å². The Hall–Kier alpha value is -3.98. The number of hydrogen-bond donors (Lipinski definition) is 2. The molecule has 3 heterocycles. The fraction of sp³-hybridized carbons (Fsp3) is 0.321. The summed E-state index contributed by atoms with van der Waals surface area (Å²) < 4.78 is 25.3. The number of aliphatic carboxylic acids is 1. The summed E-state index contributed by atoms with van der Waals surface area (Å²) in [6.07, 6.45) is 6.29. The first-order chi connectivity index (χ1) is 18.0. The van der Waals surface area contributed by atoms with Gasteiger partial charge in [0.15, 0.2) is 0 Å². The Balaban J connectivity index is 0.000000225. The summed E-state index contributed by atoms with van der Waals surface area (Å²) in [5.41, 5.74) is 1.29. The molecule has 1 aliphatic rings. The quantitative estimate of drug-likeness (QED) is 0.348. The van der Waals surface area contributed by atoms with E-state index in [4.69, 9.17) is 14.3 Å². The van der Waals surface area contributed by atoms with Gasteiger partial charge in [0.1, 0.15) is 22.7 Å². The van der Waals surface area contributed by atoms with Crippen LogP contribution in [0.5, 0.6) is 5.75 Å². The zero-order valence-electron chi connectivity index (χ0n) is 20.7. The lowest BCUT2D eigenvalue weighted by atomic mass is 9.99. The third-order valence-corrected chi connectivity index (χ3v) is 6.31. The number of carboxylic acid groups (broad SMARTS) is 1. The van der Waals surface area contributed by atoms with E-state index in [1.165, 1.54) is 44.7 Å². The molecule has 0 unspecified atom stereocenters. The third kappa shape index (κ3) is 6.42. The number of benzene rings is 2. The van der Waals surface area contributed by atoms with Crippen molar-refractivity contribution >= 4 is 17.1 Å². The SMILES string of the molecule is COc1ccc(-c2c(-c3ccccc3F)oc3nc[nH]c(=O)c23)cc1.O=C(O)CCCN1CCCCC1. The van der Waals surface area contributed by atoms with E-state index >= 15 is 0 Å². The number of hydrogen-bond acceptors (Lipinski definition) is 6. The number of aromatic nitrogens is 2. The third-order valence-electron chi connectivity index (χ3n) is 6.31. The zero-order chi connectivity index (χ0) is 26.2. The summed E-state index contributed by atoms with van der Waals surface area (Å²) in [7, 11) is 1.57. The minimum absolute atomic E-state index is 0.160. The van der Waals surface area contributed by atoms with Crippen LogP contribution in [0.25, 0.3) is 33.6 Å². The molecular weight excluding hydrogens is 477 g/mol. The summed E-state index contributed by atoms with van der Waals surface area (Å²) in [4.78, 5) is 31.6. The fourth-order valence-corrected chi connectivity index (χ4v) is 4.45. The molecule has 1 saturated heterocycles. The molecule has 37 heavy (non-hydrogen) atoms. The molecule has 194 valence electrons. The highest BCUT2D eigenvalue weighted by Gasteiger charge is 2.22. The molecule has 8 nitrogen and oxygen atoms in total. The Kier molecular flexibility index (Phi) is 8.68. The van der Waals surface area contributed by atoms with Crippen LogP contribution in [0.4, 0.5) is 4.39 Å². The summed E-state index contributed by atoms with van der Waals surface area (Å²) >= 11 is 0. The van der Waals surface area contributed by atoms with Crippen LogP contribution in [0.15, 0.2) is 64.1 Å². The van der Waals surface area contributed by atoms with Gasteiger partial charge in [-0.3, -0.25) is 9.59 Å². The Morgan fingerprint density at radius 1 is 1.14 bits per heavy atom. The second kappa shape index (κ2) is 12.3. The van der Waals surface area contributed by atoms with Gasteiger partial charge < -0.3 is 24.1 Å².